The van der Waals surface area contributed by atoms with Crippen LogP contribution in [0.25, 0.3) is 22.1 Å². The Labute approximate surface area is 428 Å². The van der Waals surface area contributed by atoms with Gasteiger partial charge in [0.1, 0.15) is 17.0 Å². The summed E-state index contributed by atoms with van der Waals surface area (Å²) < 4.78 is 8.92. The molecule has 2 aliphatic heterocycles. The molecule has 16 nitrogen and oxygen atoms in total. The minimum Gasteiger partial charge on any atom is -0.410 e. The lowest BCUT2D eigenvalue weighted by molar-refractivity contribution is 0.0872. The average molecular weight is 989 g/mol. The second kappa shape index (κ2) is 24.1. The number of nitrogens with zero attached hydrogens (tertiary/aromatic N) is 9. The first kappa shape index (κ1) is 52.3. The van der Waals surface area contributed by atoms with Gasteiger partial charge in [0.2, 0.25) is 11.9 Å². The van der Waals surface area contributed by atoms with Crippen LogP contribution in [-0.4, -0.2) is 102 Å². The molecule has 4 aromatic heterocycles. The summed E-state index contributed by atoms with van der Waals surface area (Å²) in [5.41, 5.74) is 6.11. The lowest BCUT2D eigenvalue weighted by Crippen LogP contribution is -2.50. The summed E-state index contributed by atoms with van der Waals surface area (Å²) in [6.07, 6.45) is 5.32. The molecule has 0 spiro atoms. The van der Waals surface area contributed by atoms with Gasteiger partial charge < -0.3 is 25.6 Å². The number of rotatable bonds is 15. The maximum absolute atomic E-state index is 12.6. The van der Waals surface area contributed by atoms with Gasteiger partial charge in [0.05, 0.1) is 12.1 Å². The Morgan fingerprint density at radius 3 is 1.41 bits per heavy atom. The average Bonchev–Trinajstić information content (AvgIpc) is 3.40. The number of amides is 1. The third kappa shape index (κ3) is 12.6. The highest BCUT2D eigenvalue weighted by Crippen LogP contribution is 2.30. The van der Waals surface area contributed by atoms with E-state index in [4.69, 9.17) is 4.74 Å². The van der Waals surface area contributed by atoms with Crippen molar-refractivity contribution in [1.82, 2.24) is 49.1 Å². The minimum atomic E-state index is -0.294. The molecule has 2 fully saturated rings. The molecule has 0 bridgehead atoms. The number of fused-ring (bicyclic) bond motifs is 2. The minimum absolute atomic E-state index is 0.00323. The predicted octanol–water partition coefficient (Wildman–Crippen LogP) is 9.71. The number of pyridine rings is 2. The third-order valence-corrected chi connectivity index (χ3v) is 14.0. The molecule has 1 amide bonds. The summed E-state index contributed by atoms with van der Waals surface area (Å²) >= 11 is 0. The van der Waals surface area contributed by atoms with Crippen LogP contribution in [0.2, 0.25) is 0 Å². The number of hydrogen-bond acceptors (Lipinski definition) is 13. The number of aromatic nitrogens is 6. The number of carbonyl (C=O) groups excluding carboxylic acids is 1. The van der Waals surface area contributed by atoms with Gasteiger partial charge in [-0.15, -0.1) is 0 Å². The number of hydrogen-bond donors (Lipinski definition) is 3. The van der Waals surface area contributed by atoms with Crippen molar-refractivity contribution >= 4 is 40.1 Å². The SMILES string of the molecule is CC[C@@H](c1ccc([C@H](C)Nc2ncc3ccc(=O)n(C(C)C)c3n2)cc1)N1CCN(C(=O)Oc2ccccc2)CC1.CC[C@@H](c1ccc([C@H](C)Nc2ncc3ccc(=O)n(C(C)C)c3n2)cc1)N1CCNCC1. The zero-order valence-electron chi connectivity index (χ0n) is 43.7. The summed E-state index contributed by atoms with van der Waals surface area (Å²) in [5, 5.41) is 11.9. The Morgan fingerprint density at radius 2 is 0.986 bits per heavy atom. The fraction of sp³-hybridized carbons (Fsp3) is 0.421. The molecule has 384 valence electrons. The number of piperazine rings is 2. The van der Waals surface area contributed by atoms with Crippen molar-refractivity contribution in [3.8, 4) is 5.75 Å². The van der Waals surface area contributed by atoms with Crippen molar-refractivity contribution in [3.63, 3.8) is 0 Å². The van der Waals surface area contributed by atoms with Crippen molar-refractivity contribution in [3.05, 3.63) is 158 Å². The van der Waals surface area contributed by atoms with Gasteiger partial charge >= 0.3 is 6.09 Å². The summed E-state index contributed by atoms with van der Waals surface area (Å²) in [4.78, 5) is 62.5. The predicted molar refractivity (Wildman–Crippen MR) is 291 cm³/mol. The highest BCUT2D eigenvalue weighted by Gasteiger charge is 2.28. The Morgan fingerprint density at radius 1 is 0.562 bits per heavy atom. The van der Waals surface area contributed by atoms with Gasteiger partial charge in [0, 0.05) is 112 Å². The molecular weight excluding hydrogens is 917 g/mol. The van der Waals surface area contributed by atoms with Crippen LogP contribution >= 0.6 is 0 Å². The van der Waals surface area contributed by atoms with Gasteiger partial charge in [-0.1, -0.05) is 80.6 Å². The molecule has 73 heavy (non-hydrogen) atoms. The Bertz CT molecular complexity index is 3040. The molecule has 0 aliphatic carbocycles. The first-order chi connectivity index (χ1) is 35.3. The molecule has 7 aromatic rings. The first-order valence-electron chi connectivity index (χ1n) is 26.0. The molecular formula is C57H72N12O4. The number of carbonyl (C=O) groups is 1. The van der Waals surface area contributed by atoms with Crippen LogP contribution in [0.4, 0.5) is 16.7 Å². The smallest absolute Gasteiger partial charge is 0.410 e. The topological polar surface area (TPSA) is 168 Å². The summed E-state index contributed by atoms with van der Waals surface area (Å²) in [6, 6.07) is 34.2. The lowest BCUT2D eigenvalue weighted by Gasteiger charge is -2.38. The maximum Gasteiger partial charge on any atom is 0.415 e. The van der Waals surface area contributed by atoms with Crippen LogP contribution in [0.5, 0.6) is 5.75 Å². The van der Waals surface area contributed by atoms with Gasteiger partial charge in [0.25, 0.3) is 11.1 Å². The van der Waals surface area contributed by atoms with E-state index < -0.39 is 0 Å². The summed E-state index contributed by atoms with van der Waals surface area (Å²) in [6.45, 7) is 23.8. The van der Waals surface area contributed by atoms with Crippen LogP contribution in [0.15, 0.2) is 125 Å². The number of anilines is 2. The largest absolute Gasteiger partial charge is 0.415 e. The van der Waals surface area contributed by atoms with E-state index in [1.54, 1.807) is 62.8 Å². The zero-order chi connectivity index (χ0) is 51.6. The molecule has 4 atom stereocenters. The zero-order valence-corrected chi connectivity index (χ0v) is 43.7. The second-order valence-corrected chi connectivity index (χ2v) is 19.6. The first-order valence-corrected chi connectivity index (χ1v) is 26.0. The van der Waals surface area contributed by atoms with Gasteiger partial charge in [-0.05, 0) is 101 Å². The monoisotopic (exact) mass is 989 g/mol. The number of para-hydroxylation sites is 1. The van der Waals surface area contributed by atoms with E-state index in [0.29, 0.717) is 48.1 Å². The molecule has 3 N–H and O–H groups in total. The van der Waals surface area contributed by atoms with Gasteiger partial charge in [-0.2, -0.15) is 9.97 Å². The Hall–Kier alpha value is -7.01. The van der Waals surface area contributed by atoms with E-state index >= 15 is 0 Å². The summed E-state index contributed by atoms with van der Waals surface area (Å²) in [7, 11) is 0. The fourth-order valence-corrected chi connectivity index (χ4v) is 10.1. The number of benzene rings is 3. The van der Waals surface area contributed by atoms with E-state index in [1.165, 1.54) is 16.7 Å². The van der Waals surface area contributed by atoms with E-state index in [1.807, 2.05) is 45.9 Å². The molecule has 0 radical (unpaired) electrons. The van der Waals surface area contributed by atoms with E-state index in [2.05, 4.69) is 122 Å². The quantitative estimate of drug-likeness (QED) is 0.0889. The molecule has 2 aliphatic rings. The Kier molecular flexibility index (Phi) is 17.3. The van der Waals surface area contributed by atoms with Crippen molar-refractivity contribution in [2.75, 3.05) is 63.0 Å². The van der Waals surface area contributed by atoms with Crippen molar-refractivity contribution in [1.29, 1.82) is 0 Å². The van der Waals surface area contributed by atoms with Crippen LogP contribution in [-0.2, 0) is 0 Å². The van der Waals surface area contributed by atoms with Crippen molar-refractivity contribution in [2.45, 2.75) is 104 Å². The molecule has 3 aromatic carbocycles. The van der Waals surface area contributed by atoms with Gasteiger partial charge in [-0.3, -0.25) is 28.5 Å². The molecule has 2 saturated heterocycles. The van der Waals surface area contributed by atoms with Gasteiger partial charge in [0.15, 0.2) is 0 Å². The van der Waals surface area contributed by atoms with E-state index in [-0.39, 0.29) is 47.4 Å². The standard InChI is InChI=1S/C32H38N6O3.C25H34N6O/c1-5-28(36-17-19-37(20-18-36)32(40)41-27-9-7-6-8-10-27)25-13-11-24(12-14-25)23(4)34-31-33-21-26-15-16-29(39)38(22(2)3)30(26)35-31;1-5-22(30-14-12-26-13-15-30)20-8-6-19(7-9-20)18(4)28-25-27-16-21-10-11-23(32)31(17(2)3)24(21)29-25/h6-16,21-23,28H,5,17-20H2,1-4H3,(H,33,34,35);6-11,16-18,22,26H,5,12-15H2,1-4H3,(H,27,28,29)/t23-,28-;18-,22-/m00/s1. The maximum atomic E-state index is 12.6. The van der Waals surface area contributed by atoms with Gasteiger partial charge in [-0.25, -0.2) is 14.8 Å². The van der Waals surface area contributed by atoms with E-state index in [0.717, 1.165) is 68.4 Å². The normalized spacial score (nSPS) is 16.2. The van der Waals surface area contributed by atoms with Crippen molar-refractivity contribution < 1.29 is 9.53 Å². The third-order valence-electron chi connectivity index (χ3n) is 14.0. The highest BCUT2D eigenvalue weighted by molar-refractivity contribution is 5.76. The van der Waals surface area contributed by atoms with Crippen molar-refractivity contribution in [2.24, 2.45) is 0 Å². The molecule has 16 heteroatoms. The molecule has 9 rings (SSSR count). The number of ether oxygens (including phenoxy) is 1. The van der Waals surface area contributed by atoms with Crippen LogP contribution in [0, 0.1) is 0 Å². The lowest BCUT2D eigenvalue weighted by atomic mass is 9.98. The fourth-order valence-electron chi connectivity index (χ4n) is 10.1. The second-order valence-electron chi connectivity index (χ2n) is 19.6. The van der Waals surface area contributed by atoms with Crippen LogP contribution < -0.4 is 31.8 Å². The molecule has 0 saturated carbocycles. The molecule has 0 unspecified atom stereocenters. The van der Waals surface area contributed by atoms with E-state index in [9.17, 15) is 14.4 Å². The summed E-state index contributed by atoms with van der Waals surface area (Å²) in [5.74, 6) is 1.59. The van der Waals surface area contributed by atoms with Crippen LogP contribution in [0.1, 0.15) is 127 Å². The molecule has 6 heterocycles. The highest BCUT2D eigenvalue weighted by atomic mass is 16.6. The van der Waals surface area contributed by atoms with Crippen LogP contribution in [0.3, 0.4) is 0 Å². The Balaban J connectivity index is 0.000000201. The number of nitrogens with one attached hydrogen (secondary N) is 3.